The van der Waals surface area contributed by atoms with Gasteiger partial charge in [0.2, 0.25) is 5.78 Å². The van der Waals surface area contributed by atoms with E-state index in [0.717, 1.165) is 0 Å². The number of halogens is 3. The Morgan fingerprint density at radius 2 is 1.81 bits per heavy atom. The van der Waals surface area contributed by atoms with E-state index >= 15 is 0 Å². The first-order valence-electron chi connectivity index (χ1n) is 8.12. The molecule has 0 aliphatic rings. The maximum absolute atomic E-state index is 13.0. The van der Waals surface area contributed by atoms with E-state index in [1.807, 2.05) is 0 Å². The van der Waals surface area contributed by atoms with Crippen molar-refractivity contribution in [2.45, 2.75) is 19.8 Å². The minimum Gasteiger partial charge on any atom is -0.497 e. The summed E-state index contributed by atoms with van der Waals surface area (Å²) in [5.74, 6) is -1.03. The summed E-state index contributed by atoms with van der Waals surface area (Å²) in [6, 6.07) is 11.4. The van der Waals surface area contributed by atoms with Crippen LogP contribution in [0.5, 0.6) is 5.75 Å². The zero-order valence-electron chi connectivity index (χ0n) is 14.6. The second-order valence-corrected chi connectivity index (χ2v) is 6.47. The molecule has 0 aliphatic carbocycles. The average molecular weight is 392 g/mol. The second kappa shape index (κ2) is 7.48. The van der Waals surface area contributed by atoms with Crippen molar-refractivity contribution in [1.82, 2.24) is 4.57 Å². The molecule has 3 aromatic rings. The van der Waals surface area contributed by atoms with Gasteiger partial charge >= 0.3 is 0 Å². The number of ketones is 1. The zero-order valence-corrected chi connectivity index (χ0v) is 15.4. The third-order valence-corrected chi connectivity index (χ3v) is 4.68. The Bertz CT molecular complexity index is 1030. The molecule has 1 aromatic heterocycles. The topological polar surface area (TPSA) is 48.3 Å². The Hall–Kier alpha value is -2.73. The minimum atomic E-state index is -3.07. The lowest BCUT2D eigenvalue weighted by Gasteiger charge is -2.08. The largest absolute Gasteiger partial charge is 0.497 e. The van der Waals surface area contributed by atoms with Gasteiger partial charge in [-0.05, 0) is 55.0 Å². The molecule has 0 saturated carbocycles. The van der Waals surface area contributed by atoms with Crippen LogP contribution in [-0.2, 0) is 11.2 Å². The highest BCUT2D eigenvalue weighted by molar-refractivity contribution is 6.30. The molecule has 0 unspecified atom stereocenters. The number of rotatable bonds is 5. The first-order chi connectivity index (χ1) is 12.8. The molecule has 0 aliphatic heterocycles. The van der Waals surface area contributed by atoms with Crippen LogP contribution in [0.1, 0.15) is 21.6 Å². The summed E-state index contributed by atoms with van der Waals surface area (Å²) in [6.07, 6.45) is -3.53. The molecule has 140 valence electrons. The Labute approximate surface area is 159 Å². The van der Waals surface area contributed by atoms with Gasteiger partial charge in [0.25, 0.3) is 12.3 Å². The van der Waals surface area contributed by atoms with Gasteiger partial charge in [0.1, 0.15) is 5.75 Å². The summed E-state index contributed by atoms with van der Waals surface area (Å²) in [5.41, 5.74) is 1.73. The van der Waals surface area contributed by atoms with E-state index in [-0.39, 0.29) is 5.91 Å². The SMILES string of the molecule is COc1ccc2c(c1)c(CC(=O)C(F)F)c(C)n2C(=O)c1ccc(Cl)cc1. The van der Waals surface area contributed by atoms with E-state index in [2.05, 4.69) is 0 Å². The van der Waals surface area contributed by atoms with Crippen molar-refractivity contribution in [1.29, 1.82) is 0 Å². The maximum Gasteiger partial charge on any atom is 0.296 e. The van der Waals surface area contributed by atoms with E-state index < -0.39 is 18.6 Å². The molecule has 4 nitrogen and oxygen atoms in total. The summed E-state index contributed by atoms with van der Waals surface area (Å²) in [5, 5.41) is 1.02. The van der Waals surface area contributed by atoms with Gasteiger partial charge < -0.3 is 4.74 Å². The molecule has 7 heteroatoms. The first-order valence-corrected chi connectivity index (χ1v) is 8.50. The number of carbonyl (C=O) groups excluding carboxylic acids is 2. The van der Waals surface area contributed by atoms with Crippen molar-refractivity contribution >= 4 is 34.2 Å². The van der Waals surface area contributed by atoms with Crippen molar-refractivity contribution in [3.8, 4) is 5.75 Å². The van der Waals surface area contributed by atoms with Crippen molar-refractivity contribution in [3.63, 3.8) is 0 Å². The maximum atomic E-state index is 13.0. The standard InChI is InChI=1S/C20H16ClF2NO3/c1-11-15(10-18(25)19(22)23)16-9-14(27-2)7-8-17(16)24(11)20(26)12-3-5-13(21)6-4-12/h3-9,19H,10H2,1-2H3. The number of fused-ring (bicyclic) bond motifs is 1. The molecule has 0 atom stereocenters. The second-order valence-electron chi connectivity index (χ2n) is 6.04. The smallest absolute Gasteiger partial charge is 0.296 e. The number of carbonyl (C=O) groups is 2. The molecular formula is C20H16ClF2NO3. The number of hydrogen-bond acceptors (Lipinski definition) is 3. The van der Waals surface area contributed by atoms with Crippen molar-refractivity contribution < 1.29 is 23.1 Å². The Balaban J connectivity index is 2.20. The molecule has 3 rings (SSSR count). The molecule has 1 heterocycles. The van der Waals surface area contributed by atoms with Gasteiger partial charge in [-0.3, -0.25) is 14.2 Å². The Kier molecular flexibility index (Phi) is 5.28. The predicted molar refractivity (Wildman–Crippen MR) is 99.1 cm³/mol. The predicted octanol–water partition coefficient (Wildman–Crippen LogP) is 4.68. The van der Waals surface area contributed by atoms with Crippen LogP contribution in [0.25, 0.3) is 10.9 Å². The molecule has 0 radical (unpaired) electrons. The molecule has 0 spiro atoms. The molecule has 0 bridgehead atoms. The number of alkyl halides is 2. The number of Topliss-reactive ketones (excluding diaryl/α,β-unsaturated/α-hetero) is 1. The number of aromatic nitrogens is 1. The molecule has 0 amide bonds. The van der Waals surface area contributed by atoms with Crippen LogP contribution in [-0.4, -0.2) is 29.8 Å². The fourth-order valence-electron chi connectivity index (χ4n) is 3.05. The van der Waals surface area contributed by atoms with E-state index in [0.29, 0.717) is 38.5 Å². The molecule has 0 saturated heterocycles. The van der Waals surface area contributed by atoms with Gasteiger partial charge in [0, 0.05) is 28.1 Å². The van der Waals surface area contributed by atoms with Crippen LogP contribution in [0.2, 0.25) is 5.02 Å². The number of nitrogens with zero attached hydrogens (tertiary/aromatic N) is 1. The number of ether oxygens (including phenoxy) is 1. The van der Waals surface area contributed by atoms with Crippen LogP contribution in [0.15, 0.2) is 42.5 Å². The highest BCUT2D eigenvalue weighted by atomic mass is 35.5. The van der Waals surface area contributed by atoms with Crippen molar-refractivity contribution in [3.05, 3.63) is 64.3 Å². The van der Waals surface area contributed by atoms with E-state index in [1.54, 1.807) is 49.4 Å². The van der Waals surface area contributed by atoms with Crippen LogP contribution < -0.4 is 4.74 Å². The fourth-order valence-corrected chi connectivity index (χ4v) is 3.17. The lowest BCUT2D eigenvalue weighted by atomic mass is 10.1. The monoisotopic (exact) mass is 391 g/mol. The molecule has 0 N–H and O–H groups in total. The van der Waals surface area contributed by atoms with Gasteiger partial charge in [0.15, 0.2) is 0 Å². The molecule has 27 heavy (non-hydrogen) atoms. The van der Waals surface area contributed by atoms with Crippen molar-refractivity contribution in [2.75, 3.05) is 7.11 Å². The van der Waals surface area contributed by atoms with Crippen molar-refractivity contribution in [2.24, 2.45) is 0 Å². The summed E-state index contributed by atoms with van der Waals surface area (Å²) in [4.78, 5) is 24.7. The minimum absolute atomic E-state index is 0.338. The van der Waals surface area contributed by atoms with Crippen LogP contribution in [0.4, 0.5) is 8.78 Å². The lowest BCUT2D eigenvalue weighted by molar-refractivity contribution is -0.128. The summed E-state index contributed by atoms with van der Waals surface area (Å²) in [7, 11) is 1.48. The van der Waals surface area contributed by atoms with Gasteiger partial charge in [0.05, 0.1) is 12.6 Å². The van der Waals surface area contributed by atoms with Crippen LogP contribution >= 0.6 is 11.6 Å². The van der Waals surface area contributed by atoms with E-state index in [9.17, 15) is 18.4 Å². The van der Waals surface area contributed by atoms with E-state index in [1.165, 1.54) is 11.7 Å². The molecule has 2 aromatic carbocycles. The van der Waals surface area contributed by atoms with Crippen LogP contribution in [0.3, 0.4) is 0 Å². The highest BCUT2D eigenvalue weighted by Gasteiger charge is 2.24. The summed E-state index contributed by atoms with van der Waals surface area (Å²) >= 11 is 5.87. The Morgan fingerprint density at radius 3 is 2.41 bits per heavy atom. The fraction of sp³-hybridized carbons (Fsp3) is 0.200. The molecule has 0 fully saturated rings. The highest BCUT2D eigenvalue weighted by Crippen LogP contribution is 2.31. The van der Waals surface area contributed by atoms with Gasteiger partial charge in [-0.2, -0.15) is 0 Å². The van der Waals surface area contributed by atoms with Crippen LogP contribution in [0, 0.1) is 6.92 Å². The number of benzene rings is 2. The normalized spacial score (nSPS) is 11.2. The number of hydrogen-bond donors (Lipinski definition) is 0. The summed E-state index contributed by atoms with van der Waals surface area (Å²) in [6.45, 7) is 1.63. The lowest BCUT2D eigenvalue weighted by Crippen LogP contribution is -2.16. The third kappa shape index (κ3) is 3.57. The first kappa shape index (κ1) is 19.0. The van der Waals surface area contributed by atoms with Gasteiger partial charge in [-0.1, -0.05) is 11.6 Å². The zero-order chi connectivity index (χ0) is 19.7. The van der Waals surface area contributed by atoms with E-state index in [4.69, 9.17) is 16.3 Å². The Morgan fingerprint density at radius 1 is 1.15 bits per heavy atom. The number of methoxy groups -OCH3 is 1. The van der Waals surface area contributed by atoms with Gasteiger partial charge in [-0.15, -0.1) is 0 Å². The van der Waals surface area contributed by atoms with Gasteiger partial charge in [-0.25, -0.2) is 8.78 Å². The summed E-state index contributed by atoms with van der Waals surface area (Å²) < 4.78 is 32.2. The quantitative estimate of drug-likeness (QED) is 0.634. The average Bonchev–Trinajstić information content (AvgIpc) is 2.92. The third-order valence-electron chi connectivity index (χ3n) is 4.43. The molecular weight excluding hydrogens is 376 g/mol.